The Balaban J connectivity index is 1.56. The lowest BCUT2D eigenvalue weighted by atomic mass is 9.80. The van der Waals surface area contributed by atoms with E-state index in [0.29, 0.717) is 30.5 Å². The number of carbonyl (C=O) groups is 1. The third kappa shape index (κ3) is 4.85. The van der Waals surface area contributed by atoms with Crippen molar-refractivity contribution in [2.45, 2.75) is 103 Å². The van der Waals surface area contributed by atoms with Crippen molar-refractivity contribution in [1.29, 1.82) is 5.26 Å². The second kappa shape index (κ2) is 10.5. The number of amides is 1. The van der Waals surface area contributed by atoms with E-state index < -0.39 is 0 Å². The van der Waals surface area contributed by atoms with Crippen LogP contribution in [-0.2, 0) is 11.3 Å². The van der Waals surface area contributed by atoms with Crippen LogP contribution in [0.3, 0.4) is 0 Å². The average molecular weight is 435 g/mol. The fraction of sp³-hybridized carbons (Fsp3) is 0.667. The molecule has 1 aromatic heterocycles. The molecule has 32 heavy (non-hydrogen) atoms. The molecule has 172 valence electrons. The summed E-state index contributed by atoms with van der Waals surface area (Å²) in [6, 6.07) is 8.45. The van der Waals surface area contributed by atoms with Gasteiger partial charge in [-0.3, -0.25) is 4.79 Å². The van der Waals surface area contributed by atoms with Gasteiger partial charge < -0.3 is 9.47 Å². The molecule has 0 N–H and O–H groups in total. The van der Waals surface area contributed by atoms with E-state index in [1.54, 1.807) is 0 Å². The summed E-state index contributed by atoms with van der Waals surface area (Å²) in [6.07, 6.45) is 12.7. The second-order valence-corrected chi connectivity index (χ2v) is 9.78. The summed E-state index contributed by atoms with van der Waals surface area (Å²) < 4.78 is 2.29. The maximum absolute atomic E-state index is 13.2. The second-order valence-electron chi connectivity index (χ2n) is 9.78. The van der Waals surface area contributed by atoms with E-state index in [1.807, 2.05) is 18.2 Å². The average Bonchev–Trinajstić information content (AvgIpc) is 3.21. The number of aromatic nitrogens is 2. The minimum absolute atomic E-state index is 0.274. The number of aryl methyl sites for hydroxylation is 1. The Morgan fingerprint density at radius 1 is 1.12 bits per heavy atom. The predicted octanol–water partition coefficient (Wildman–Crippen LogP) is 6.16. The van der Waals surface area contributed by atoms with Crippen LogP contribution in [0.15, 0.2) is 18.2 Å². The molecular weight excluding hydrogens is 396 g/mol. The van der Waals surface area contributed by atoms with Gasteiger partial charge in [0, 0.05) is 31.5 Å². The summed E-state index contributed by atoms with van der Waals surface area (Å²) in [5.41, 5.74) is 2.60. The molecule has 2 aliphatic rings. The minimum Gasteiger partial charge on any atom is -0.340 e. The van der Waals surface area contributed by atoms with Crippen molar-refractivity contribution >= 4 is 16.9 Å². The molecule has 0 aliphatic heterocycles. The zero-order valence-corrected chi connectivity index (χ0v) is 19.9. The molecule has 1 heterocycles. The summed E-state index contributed by atoms with van der Waals surface area (Å²) in [5, 5.41) is 9.33. The molecule has 4 rings (SSSR count). The monoisotopic (exact) mass is 434 g/mol. The molecule has 5 nitrogen and oxygen atoms in total. The van der Waals surface area contributed by atoms with E-state index in [9.17, 15) is 10.1 Å². The van der Waals surface area contributed by atoms with Gasteiger partial charge >= 0.3 is 0 Å². The molecule has 2 saturated carbocycles. The molecule has 2 aromatic rings. The Morgan fingerprint density at radius 3 is 2.53 bits per heavy atom. The van der Waals surface area contributed by atoms with Crippen LogP contribution in [0.5, 0.6) is 0 Å². The van der Waals surface area contributed by atoms with Crippen molar-refractivity contribution in [3.8, 4) is 6.07 Å². The van der Waals surface area contributed by atoms with Crippen LogP contribution in [0.1, 0.15) is 102 Å². The third-order valence-corrected chi connectivity index (χ3v) is 7.92. The number of benzene rings is 1. The maximum Gasteiger partial charge on any atom is 0.224 e. The summed E-state index contributed by atoms with van der Waals surface area (Å²) in [6.45, 7) is 5.88. The third-order valence-electron chi connectivity index (χ3n) is 7.92. The summed E-state index contributed by atoms with van der Waals surface area (Å²) in [7, 11) is 0. The number of hydrogen-bond acceptors (Lipinski definition) is 3. The molecule has 1 amide bonds. The van der Waals surface area contributed by atoms with Gasteiger partial charge in [-0.2, -0.15) is 5.26 Å². The van der Waals surface area contributed by atoms with Gasteiger partial charge in [-0.05, 0) is 69.6 Å². The van der Waals surface area contributed by atoms with Crippen LogP contribution in [0.2, 0.25) is 0 Å². The summed E-state index contributed by atoms with van der Waals surface area (Å²) in [4.78, 5) is 20.4. The number of nitriles is 1. The van der Waals surface area contributed by atoms with Crippen LogP contribution >= 0.6 is 0 Å². The van der Waals surface area contributed by atoms with E-state index in [-0.39, 0.29) is 5.91 Å². The van der Waals surface area contributed by atoms with Crippen molar-refractivity contribution in [2.24, 2.45) is 5.92 Å². The van der Waals surface area contributed by atoms with Gasteiger partial charge in [-0.15, -0.1) is 0 Å². The largest absolute Gasteiger partial charge is 0.340 e. The van der Waals surface area contributed by atoms with Crippen molar-refractivity contribution < 1.29 is 4.79 Å². The smallest absolute Gasteiger partial charge is 0.224 e. The Morgan fingerprint density at radius 2 is 1.88 bits per heavy atom. The molecule has 0 unspecified atom stereocenters. The van der Waals surface area contributed by atoms with Crippen molar-refractivity contribution in [1.82, 2.24) is 14.5 Å². The molecule has 0 radical (unpaired) electrons. The lowest BCUT2D eigenvalue weighted by Gasteiger charge is -2.34. The lowest BCUT2D eigenvalue weighted by molar-refractivity contribution is -0.134. The molecule has 2 fully saturated rings. The number of nitrogens with zero attached hydrogens (tertiary/aromatic N) is 4. The number of hydrogen-bond donors (Lipinski definition) is 0. The predicted molar refractivity (Wildman–Crippen MR) is 128 cm³/mol. The van der Waals surface area contributed by atoms with Crippen molar-refractivity contribution in [3.05, 3.63) is 29.6 Å². The van der Waals surface area contributed by atoms with E-state index in [2.05, 4.69) is 29.4 Å². The zero-order valence-electron chi connectivity index (χ0n) is 19.9. The van der Waals surface area contributed by atoms with Gasteiger partial charge in [0.15, 0.2) is 0 Å². The number of carbonyl (C=O) groups excluding carboxylic acids is 1. The SMILES string of the molecule is CCN(C(=O)CCn1c2ccc(C#N)cc2nc1[C@H]1CC[C@H](CC)CC1)C1CCCCC1. The fourth-order valence-electron chi connectivity index (χ4n) is 5.98. The highest BCUT2D eigenvalue weighted by atomic mass is 16.2. The Bertz CT molecular complexity index is 958. The van der Waals surface area contributed by atoms with E-state index in [0.717, 1.165) is 42.2 Å². The quantitative estimate of drug-likeness (QED) is 0.524. The van der Waals surface area contributed by atoms with Crippen LogP contribution in [0, 0.1) is 17.2 Å². The van der Waals surface area contributed by atoms with Gasteiger partial charge in [0.05, 0.1) is 22.7 Å². The Labute approximate surface area is 192 Å². The standard InChI is InChI=1S/C27H38N4O/c1-3-20-10-13-22(14-11-20)27-29-24-18-21(19-28)12-15-25(24)31(27)17-16-26(32)30(4-2)23-8-6-5-7-9-23/h12,15,18,20,22-23H,3-11,13-14,16-17H2,1-2H3/t20-,22-. The van der Waals surface area contributed by atoms with E-state index in [4.69, 9.17) is 4.98 Å². The normalized spacial score (nSPS) is 22.0. The van der Waals surface area contributed by atoms with Crippen LogP contribution in [0.4, 0.5) is 0 Å². The first-order valence-corrected chi connectivity index (χ1v) is 12.8. The molecule has 0 spiro atoms. The number of imidazole rings is 1. The van der Waals surface area contributed by atoms with Crippen molar-refractivity contribution in [3.63, 3.8) is 0 Å². The summed E-state index contributed by atoms with van der Waals surface area (Å²) >= 11 is 0. The maximum atomic E-state index is 13.2. The van der Waals surface area contributed by atoms with Crippen molar-refractivity contribution in [2.75, 3.05) is 6.54 Å². The minimum atomic E-state index is 0.274. The van der Waals surface area contributed by atoms with E-state index >= 15 is 0 Å². The first-order chi connectivity index (χ1) is 15.6. The Kier molecular flexibility index (Phi) is 7.50. The molecular formula is C27H38N4O. The lowest BCUT2D eigenvalue weighted by Crippen LogP contribution is -2.41. The molecule has 0 bridgehead atoms. The van der Waals surface area contributed by atoms with Gasteiger partial charge in [-0.25, -0.2) is 4.98 Å². The first-order valence-electron chi connectivity index (χ1n) is 12.8. The zero-order chi connectivity index (χ0) is 22.5. The van der Waals surface area contributed by atoms with E-state index in [1.165, 1.54) is 51.4 Å². The van der Waals surface area contributed by atoms with Gasteiger partial charge in [0.25, 0.3) is 0 Å². The van der Waals surface area contributed by atoms with Crippen LogP contribution in [0.25, 0.3) is 11.0 Å². The van der Waals surface area contributed by atoms with Gasteiger partial charge in [0.2, 0.25) is 5.91 Å². The molecule has 1 aromatic carbocycles. The molecule has 0 atom stereocenters. The van der Waals surface area contributed by atoms with Gasteiger partial charge in [0.1, 0.15) is 5.82 Å². The molecule has 5 heteroatoms. The number of fused-ring (bicyclic) bond motifs is 1. The van der Waals surface area contributed by atoms with Gasteiger partial charge in [-0.1, -0.05) is 32.6 Å². The fourth-order valence-corrected chi connectivity index (χ4v) is 5.98. The summed E-state index contributed by atoms with van der Waals surface area (Å²) in [5.74, 6) is 2.68. The highest BCUT2D eigenvalue weighted by molar-refractivity contribution is 5.79. The highest BCUT2D eigenvalue weighted by Gasteiger charge is 2.28. The first kappa shape index (κ1) is 22.8. The topological polar surface area (TPSA) is 61.9 Å². The highest BCUT2D eigenvalue weighted by Crippen LogP contribution is 2.38. The molecule has 2 aliphatic carbocycles. The number of rotatable bonds is 7. The van der Waals surface area contributed by atoms with Crippen LogP contribution in [-0.4, -0.2) is 32.9 Å². The van der Waals surface area contributed by atoms with Crippen LogP contribution < -0.4 is 0 Å². The molecule has 0 saturated heterocycles. The Hall–Kier alpha value is -2.35.